The van der Waals surface area contributed by atoms with Gasteiger partial charge in [0.1, 0.15) is 5.82 Å². The summed E-state index contributed by atoms with van der Waals surface area (Å²) in [4.78, 5) is 7.03. The summed E-state index contributed by atoms with van der Waals surface area (Å²) in [7, 11) is 0. The van der Waals surface area contributed by atoms with Gasteiger partial charge in [0.2, 0.25) is 0 Å². The topological polar surface area (TPSA) is 32.6 Å². The molecule has 1 fully saturated rings. The Bertz CT molecular complexity index is 531. The molecule has 18 heavy (non-hydrogen) atoms. The molecule has 0 aromatic carbocycles. The van der Waals surface area contributed by atoms with Gasteiger partial charge < -0.3 is 14.6 Å². The monoisotopic (exact) mass is 308 g/mol. The van der Waals surface area contributed by atoms with E-state index >= 15 is 0 Å². The predicted molar refractivity (Wildman–Crippen MR) is 75.9 cm³/mol. The van der Waals surface area contributed by atoms with Gasteiger partial charge in [0.15, 0.2) is 0 Å². The number of nitrogens with zero attached hydrogens (tertiary/aromatic N) is 3. The summed E-state index contributed by atoms with van der Waals surface area (Å²) in [6.07, 6.45) is 5.03. The average Bonchev–Trinajstić information content (AvgIpc) is 2.82. The Kier molecular flexibility index (Phi) is 3.63. The van der Waals surface area contributed by atoms with Crippen molar-refractivity contribution < 1.29 is 0 Å². The number of hydrogen-bond donors (Lipinski definition) is 1. The smallest absolute Gasteiger partial charge is 0.114 e. The van der Waals surface area contributed by atoms with E-state index in [1.807, 2.05) is 12.3 Å². The molecule has 0 saturated carbocycles. The van der Waals surface area contributed by atoms with Crippen LogP contribution in [0.2, 0.25) is 0 Å². The molecule has 0 amide bonds. The van der Waals surface area contributed by atoms with Crippen LogP contribution >= 0.6 is 15.9 Å². The summed E-state index contributed by atoms with van der Waals surface area (Å²) in [6.45, 7) is 5.59. The number of imidazole rings is 1. The maximum atomic E-state index is 4.53. The minimum Gasteiger partial charge on any atom is -0.314 e. The Morgan fingerprint density at radius 1 is 1.33 bits per heavy atom. The van der Waals surface area contributed by atoms with Crippen molar-refractivity contribution in [3.05, 3.63) is 34.8 Å². The molecule has 0 radical (unpaired) electrons. The molecule has 3 rings (SSSR count). The SMILES string of the molecule is Brc1cccn2c(CCN3CCNCC3)ncc12. The zero-order valence-corrected chi connectivity index (χ0v) is 11.9. The van der Waals surface area contributed by atoms with Crippen LogP contribution in [0.5, 0.6) is 0 Å². The van der Waals surface area contributed by atoms with E-state index in [1.165, 1.54) is 0 Å². The number of hydrogen-bond acceptors (Lipinski definition) is 3. The summed E-state index contributed by atoms with van der Waals surface area (Å²) in [6, 6.07) is 4.10. The van der Waals surface area contributed by atoms with E-state index < -0.39 is 0 Å². The van der Waals surface area contributed by atoms with Crippen LogP contribution in [0.4, 0.5) is 0 Å². The first kappa shape index (κ1) is 12.1. The molecule has 2 aromatic rings. The molecular formula is C13H17BrN4. The van der Waals surface area contributed by atoms with Gasteiger partial charge in [0, 0.05) is 49.8 Å². The number of rotatable bonds is 3. The number of nitrogens with one attached hydrogen (secondary N) is 1. The molecule has 2 aromatic heterocycles. The molecule has 96 valence electrons. The van der Waals surface area contributed by atoms with Crippen molar-refractivity contribution in [2.75, 3.05) is 32.7 Å². The lowest BCUT2D eigenvalue weighted by molar-refractivity contribution is 0.242. The van der Waals surface area contributed by atoms with Crippen LogP contribution in [0.3, 0.4) is 0 Å². The van der Waals surface area contributed by atoms with Crippen molar-refractivity contribution >= 4 is 21.4 Å². The normalized spacial score (nSPS) is 17.4. The zero-order chi connectivity index (χ0) is 12.4. The van der Waals surface area contributed by atoms with Gasteiger partial charge >= 0.3 is 0 Å². The van der Waals surface area contributed by atoms with Gasteiger partial charge in [0.05, 0.1) is 11.7 Å². The predicted octanol–water partition coefficient (Wildman–Crippen LogP) is 1.54. The molecule has 1 aliphatic rings. The Labute approximate surface area is 115 Å². The van der Waals surface area contributed by atoms with E-state index in [9.17, 15) is 0 Å². The van der Waals surface area contributed by atoms with Crippen LogP contribution in [0.1, 0.15) is 5.82 Å². The molecule has 0 aliphatic carbocycles. The number of aromatic nitrogens is 2. The van der Waals surface area contributed by atoms with Crippen molar-refractivity contribution in [1.29, 1.82) is 0 Å². The molecule has 0 atom stereocenters. The Balaban J connectivity index is 1.72. The maximum Gasteiger partial charge on any atom is 0.114 e. The van der Waals surface area contributed by atoms with Gasteiger partial charge in [-0.3, -0.25) is 0 Å². The molecular weight excluding hydrogens is 292 g/mol. The average molecular weight is 309 g/mol. The summed E-state index contributed by atoms with van der Waals surface area (Å²) in [5.74, 6) is 1.14. The van der Waals surface area contributed by atoms with E-state index in [2.05, 4.69) is 47.8 Å². The number of halogens is 1. The molecule has 1 saturated heterocycles. The number of piperazine rings is 1. The fourth-order valence-corrected chi connectivity index (χ4v) is 2.87. The van der Waals surface area contributed by atoms with Crippen molar-refractivity contribution in [2.45, 2.75) is 6.42 Å². The van der Waals surface area contributed by atoms with E-state index in [1.54, 1.807) is 0 Å². The Morgan fingerprint density at radius 3 is 3.00 bits per heavy atom. The summed E-state index contributed by atoms with van der Waals surface area (Å²) >= 11 is 3.56. The number of fused-ring (bicyclic) bond motifs is 1. The maximum absolute atomic E-state index is 4.53. The highest BCUT2D eigenvalue weighted by atomic mass is 79.9. The summed E-state index contributed by atoms with van der Waals surface area (Å²) < 4.78 is 3.28. The zero-order valence-electron chi connectivity index (χ0n) is 10.3. The fraction of sp³-hybridized carbons (Fsp3) is 0.462. The molecule has 4 nitrogen and oxygen atoms in total. The molecule has 1 aliphatic heterocycles. The van der Waals surface area contributed by atoms with Gasteiger partial charge in [-0.25, -0.2) is 4.98 Å². The first-order valence-electron chi connectivity index (χ1n) is 6.38. The summed E-state index contributed by atoms with van der Waals surface area (Å²) in [5.41, 5.74) is 1.15. The first-order chi connectivity index (χ1) is 8.84. The standard InChI is InChI=1S/C13H17BrN4/c14-11-2-1-6-18-12(11)10-16-13(18)3-7-17-8-4-15-5-9-17/h1-2,6,10,15H,3-5,7-9H2. The van der Waals surface area contributed by atoms with Crippen molar-refractivity contribution in [3.63, 3.8) is 0 Å². The lowest BCUT2D eigenvalue weighted by Gasteiger charge is -2.26. The van der Waals surface area contributed by atoms with E-state index in [-0.39, 0.29) is 0 Å². The second kappa shape index (κ2) is 5.38. The molecule has 3 heterocycles. The highest BCUT2D eigenvalue weighted by molar-refractivity contribution is 9.10. The quantitative estimate of drug-likeness (QED) is 0.934. The Morgan fingerprint density at radius 2 is 2.17 bits per heavy atom. The van der Waals surface area contributed by atoms with Gasteiger partial charge in [-0.1, -0.05) is 0 Å². The van der Waals surface area contributed by atoms with Crippen LogP contribution in [0.25, 0.3) is 5.52 Å². The Hall–Kier alpha value is -0.910. The molecule has 0 bridgehead atoms. The minimum atomic E-state index is 1.00. The second-order valence-corrected chi connectivity index (χ2v) is 5.48. The second-order valence-electron chi connectivity index (χ2n) is 4.63. The lowest BCUT2D eigenvalue weighted by atomic mass is 10.3. The van der Waals surface area contributed by atoms with E-state index in [0.29, 0.717) is 0 Å². The minimum absolute atomic E-state index is 1.00. The lowest BCUT2D eigenvalue weighted by Crippen LogP contribution is -2.44. The van der Waals surface area contributed by atoms with Crippen LogP contribution in [-0.2, 0) is 6.42 Å². The van der Waals surface area contributed by atoms with E-state index in [4.69, 9.17) is 0 Å². The summed E-state index contributed by atoms with van der Waals surface area (Å²) in [5, 5.41) is 3.38. The van der Waals surface area contributed by atoms with Gasteiger partial charge in [-0.15, -0.1) is 0 Å². The molecule has 1 N–H and O–H groups in total. The third-order valence-electron chi connectivity index (χ3n) is 3.46. The molecule has 0 spiro atoms. The van der Waals surface area contributed by atoms with Crippen LogP contribution < -0.4 is 5.32 Å². The molecule has 5 heteroatoms. The first-order valence-corrected chi connectivity index (χ1v) is 7.17. The van der Waals surface area contributed by atoms with Crippen LogP contribution in [0.15, 0.2) is 29.0 Å². The largest absolute Gasteiger partial charge is 0.314 e. The van der Waals surface area contributed by atoms with Crippen molar-refractivity contribution in [2.24, 2.45) is 0 Å². The highest BCUT2D eigenvalue weighted by Crippen LogP contribution is 2.18. The number of pyridine rings is 1. The fourth-order valence-electron chi connectivity index (χ4n) is 2.42. The van der Waals surface area contributed by atoms with Crippen molar-refractivity contribution in [3.8, 4) is 0 Å². The van der Waals surface area contributed by atoms with Gasteiger partial charge in [-0.05, 0) is 28.1 Å². The van der Waals surface area contributed by atoms with Crippen molar-refractivity contribution in [1.82, 2.24) is 19.6 Å². The highest BCUT2D eigenvalue weighted by Gasteiger charge is 2.11. The van der Waals surface area contributed by atoms with Crippen LogP contribution in [-0.4, -0.2) is 47.0 Å². The third kappa shape index (κ3) is 2.43. The van der Waals surface area contributed by atoms with E-state index in [0.717, 1.165) is 55.0 Å². The van der Waals surface area contributed by atoms with Crippen LogP contribution in [0, 0.1) is 0 Å². The van der Waals surface area contributed by atoms with Gasteiger partial charge in [0.25, 0.3) is 0 Å². The van der Waals surface area contributed by atoms with Gasteiger partial charge in [-0.2, -0.15) is 0 Å². The third-order valence-corrected chi connectivity index (χ3v) is 4.13. The molecule has 0 unspecified atom stereocenters.